The van der Waals surface area contributed by atoms with Crippen molar-refractivity contribution in [1.29, 1.82) is 0 Å². The summed E-state index contributed by atoms with van der Waals surface area (Å²) in [5.74, 6) is -1.16. The lowest BCUT2D eigenvalue weighted by atomic mass is 10.0. The van der Waals surface area contributed by atoms with E-state index in [1.807, 2.05) is 61.7 Å². The van der Waals surface area contributed by atoms with E-state index in [1.54, 1.807) is 30.5 Å². The van der Waals surface area contributed by atoms with Crippen LogP contribution in [-0.4, -0.2) is 26.5 Å². The minimum absolute atomic E-state index is 0.184. The Morgan fingerprint density at radius 2 is 1.68 bits per heavy atom. The fourth-order valence-electron chi connectivity index (χ4n) is 4.33. The number of carbonyl (C=O) groups excluding carboxylic acids is 1. The third-order valence-electron chi connectivity index (χ3n) is 6.10. The fourth-order valence-corrected chi connectivity index (χ4v) is 4.33. The van der Waals surface area contributed by atoms with Crippen molar-refractivity contribution in [1.82, 2.24) is 14.9 Å². The second-order valence-electron chi connectivity index (χ2n) is 8.30. The maximum absolute atomic E-state index is 13.3. The summed E-state index contributed by atoms with van der Waals surface area (Å²) >= 11 is 0. The Kier molecular flexibility index (Phi) is 5.55. The number of pyridine rings is 1. The Morgan fingerprint density at radius 3 is 2.47 bits per heavy atom. The summed E-state index contributed by atoms with van der Waals surface area (Å²) in [7, 11) is 0. The van der Waals surface area contributed by atoms with Crippen LogP contribution in [-0.2, 0) is 6.54 Å². The second-order valence-corrected chi connectivity index (χ2v) is 8.30. The molecule has 5 aromatic rings. The topological polar surface area (TPSA) is 84.2 Å². The van der Waals surface area contributed by atoms with Crippen LogP contribution >= 0.6 is 0 Å². The molecule has 0 radical (unpaired) electrons. The summed E-state index contributed by atoms with van der Waals surface area (Å²) in [5.41, 5.74) is 4.53. The number of hydrogen-bond donors (Lipinski definition) is 2. The van der Waals surface area contributed by atoms with Gasteiger partial charge in [0.05, 0.1) is 28.2 Å². The standard InChI is InChI=1S/C28H23N3O3/c1-18(19-10-12-22(13-11-19)28(33)34)30-27(32)24-9-3-6-21-14-16-31(26(21)24)17-23-7-2-5-20-8-4-15-29-25(20)23/h2-16,18H,17H2,1H3,(H,30,32)(H,33,34)/t18-/m0/s1. The zero-order valence-corrected chi connectivity index (χ0v) is 18.6. The molecule has 2 N–H and O–H groups in total. The molecule has 0 saturated carbocycles. The summed E-state index contributed by atoms with van der Waals surface area (Å²) in [5, 5.41) is 14.2. The van der Waals surface area contributed by atoms with Crippen molar-refractivity contribution >= 4 is 33.7 Å². The molecule has 6 heteroatoms. The number of para-hydroxylation sites is 2. The normalized spacial score (nSPS) is 12.0. The largest absolute Gasteiger partial charge is 0.478 e. The van der Waals surface area contributed by atoms with Crippen LogP contribution < -0.4 is 5.32 Å². The Morgan fingerprint density at radius 1 is 0.941 bits per heavy atom. The molecular formula is C28H23N3O3. The van der Waals surface area contributed by atoms with E-state index in [2.05, 4.69) is 20.9 Å². The zero-order valence-electron chi connectivity index (χ0n) is 18.6. The van der Waals surface area contributed by atoms with E-state index in [1.165, 1.54) is 0 Å². The van der Waals surface area contributed by atoms with Gasteiger partial charge in [-0.3, -0.25) is 9.78 Å². The lowest BCUT2D eigenvalue weighted by molar-refractivity contribution is 0.0696. The maximum Gasteiger partial charge on any atom is 0.335 e. The molecule has 3 aromatic carbocycles. The molecule has 0 spiro atoms. The quantitative estimate of drug-likeness (QED) is 0.362. The van der Waals surface area contributed by atoms with Crippen molar-refractivity contribution in [2.45, 2.75) is 19.5 Å². The predicted octanol–water partition coefficient (Wildman–Crippen LogP) is 5.43. The van der Waals surface area contributed by atoms with Crippen LogP contribution in [0.3, 0.4) is 0 Å². The molecule has 0 saturated heterocycles. The number of fused-ring (bicyclic) bond motifs is 2. The van der Waals surface area contributed by atoms with Gasteiger partial charge in [-0.05, 0) is 48.4 Å². The number of carbonyl (C=O) groups is 2. The number of aromatic carboxylic acids is 1. The van der Waals surface area contributed by atoms with Crippen LogP contribution in [0.5, 0.6) is 0 Å². The van der Waals surface area contributed by atoms with Crippen molar-refractivity contribution in [3.8, 4) is 0 Å². The van der Waals surface area contributed by atoms with E-state index in [9.17, 15) is 9.59 Å². The molecule has 168 valence electrons. The molecule has 0 aliphatic heterocycles. The van der Waals surface area contributed by atoms with Gasteiger partial charge in [-0.25, -0.2) is 4.79 Å². The van der Waals surface area contributed by atoms with Crippen molar-refractivity contribution in [2.24, 2.45) is 0 Å². The number of carboxylic acid groups (broad SMARTS) is 1. The van der Waals surface area contributed by atoms with Gasteiger partial charge in [0.25, 0.3) is 5.91 Å². The van der Waals surface area contributed by atoms with E-state index in [-0.39, 0.29) is 17.5 Å². The Labute approximate surface area is 196 Å². The third kappa shape index (κ3) is 4.01. The summed E-state index contributed by atoms with van der Waals surface area (Å²) in [6.45, 7) is 2.48. The van der Waals surface area contributed by atoms with Crippen molar-refractivity contribution in [3.05, 3.63) is 114 Å². The van der Waals surface area contributed by atoms with Gasteiger partial charge in [0, 0.05) is 29.7 Å². The summed E-state index contributed by atoms with van der Waals surface area (Å²) < 4.78 is 2.08. The molecule has 0 aliphatic carbocycles. The number of benzene rings is 3. The SMILES string of the molecule is C[C@H](NC(=O)c1cccc2ccn(Cc3cccc4cccnc34)c12)c1ccc(C(=O)O)cc1. The van der Waals surface area contributed by atoms with Gasteiger partial charge in [0.2, 0.25) is 0 Å². The Hall–Kier alpha value is -4.45. The molecule has 5 rings (SSSR count). The zero-order chi connectivity index (χ0) is 23.7. The molecule has 0 bridgehead atoms. The second kappa shape index (κ2) is 8.83. The van der Waals surface area contributed by atoms with Crippen LogP contribution in [0, 0.1) is 0 Å². The van der Waals surface area contributed by atoms with Crippen molar-refractivity contribution in [3.63, 3.8) is 0 Å². The molecule has 34 heavy (non-hydrogen) atoms. The number of amides is 1. The first-order valence-corrected chi connectivity index (χ1v) is 11.1. The number of aromatic nitrogens is 2. The number of nitrogens with one attached hydrogen (secondary N) is 1. The number of hydrogen-bond acceptors (Lipinski definition) is 3. The first kappa shape index (κ1) is 21.4. The first-order chi connectivity index (χ1) is 16.5. The highest BCUT2D eigenvalue weighted by Gasteiger charge is 2.17. The van der Waals surface area contributed by atoms with E-state index >= 15 is 0 Å². The molecule has 1 amide bonds. The van der Waals surface area contributed by atoms with E-state index in [4.69, 9.17) is 5.11 Å². The van der Waals surface area contributed by atoms with E-state index in [0.717, 1.165) is 32.9 Å². The monoisotopic (exact) mass is 449 g/mol. The maximum atomic E-state index is 13.3. The Bertz CT molecular complexity index is 1510. The summed E-state index contributed by atoms with van der Waals surface area (Å²) in [6.07, 6.45) is 3.79. The lowest BCUT2D eigenvalue weighted by Crippen LogP contribution is -2.27. The minimum Gasteiger partial charge on any atom is -0.478 e. The summed E-state index contributed by atoms with van der Waals surface area (Å²) in [4.78, 5) is 29.0. The first-order valence-electron chi connectivity index (χ1n) is 11.1. The molecule has 0 fully saturated rings. The van der Waals surface area contributed by atoms with Gasteiger partial charge in [-0.2, -0.15) is 0 Å². The lowest BCUT2D eigenvalue weighted by Gasteiger charge is -2.16. The number of carboxylic acids is 1. The van der Waals surface area contributed by atoms with Gasteiger partial charge < -0.3 is 15.0 Å². The van der Waals surface area contributed by atoms with Crippen molar-refractivity contribution in [2.75, 3.05) is 0 Å². The van der Waals surface area contributed by atoms with Crippen molar-refractivity contribution < 1.29 is 14.7 Å². The molecule has 2 heterocycles. The molecule has 2 aromatic heterocycles. The number of rotatable bonds is 6. The molecule has 0 unspecified atom stereocenters. The van der Waals surface area contributed by atoms with Crippen LogP contribution in [0.4, 0.5) is 0 Å². The molecule has 1 atom stereocenters. The third-order valence-corrected chi connectivity index (χ3v) is 6.10. The number of nitrogens with zero attached hydrogens (tertiary/aromatic N) is 2. The highest BCUT2D eigenvalue weighted by Crippen LogP contribution is 2.25. The van der Waals surface area contributed by atoms with Gasteiger partial charge >= 0.3 is 5.97 Å². The van der Waals surface area contributed by atoms with Crippen LogP contribution in [0.25, 0.3) is 21.8 Å². The average molecular weight is 450 g/mol. The average Bonchev–Trinajstić information content (AvgIpc) is 3.27. The predicted molar refractivity (Wildman–Crippen MR) is 132 cm³/mol. The van der Waals surface area contributed by atoms with Gasteiger partial charge in [0.15, 0.2) is 0 Å². The van der Waals surface area contributed by atoms with E-state index in [0.29, 0.717) is 12.1 Å². The smallest absolute Gasteiger partial charge is 0.335 e. The van der Waals surface area contributed by atoms with Gasteiger partial charge in [-0.1, -0.05) is 48.5 Å². The highest BCUT2D eigenvalue weighted by molar-refractivity contribution is 6.06. The summed E-state index contributed by atoms with van der Waals surface area (Å²) in [6, 6.07) is 24.1. The van der Waals surface area contributed by atoms with Gasteiger partial charge in [-0.15, -0.1) is 0 Å². The molecule has 6 nitrogen and oxygen atoms in total. The Balaban J connectivity index is 1.45. The van der Waals surface area contributed by atoms with Crippen LogP contribution in [0.15, 0.2) is 91.3 Å². The minimum atomic E-state index is -0.975. The highest BCUT2D eigenvalue weighted by atomic mass is 16.4. The molecular weight excluding hydrogens is 426 g/mol. The molecule has 0 aliphatic rings. The van der Waals surface area contributed by atoms with Gasteiger partial charge in [0.1, 0.15) is 0 Å². The van der Waals surface area contributed by atoms with Crippen LogP contribution in [0.1, 0.15) is 44.8 Å². The van der Waals surface area contributed by atoms with Crippen LogP contribution in [0.2, 0.25) is 0 Å². The fraction of sp³-hybridized carbons (Fsp3) is 0.107. The van der Waals surface area contributed by atoms with E-state index < -0.39 is 5.97 Å².